The van der Waals surface area contributed by atoms with Gasteiger partial charge in [0.15, 0.2) is 12.3 Å². The molecule has 2 heterocycles. The largest absolute Gasteiger partial charge is 0.439 e. The van der Waals surface area contributed by atoms with Crippen LogP contribution in [0.3, 0.4) is 0 Å². The van der Waals surface area contributed by atoms with Crippen LogP contribution < -0.4 is 14.2 Å². The Kier molecular flexibility index (Phi) is 8.40. The van der Waals surface area contributed by atoms with Crippen molar-refractivity contribution in [3.63, 3.8) is 0 Å². The number of ether oxygens (including phenoxy) is 1. The van der Waals surface area contributed by atoms with Crippen LogP contribution >= 0.6 is 0 Å². The Morgan fingerprint density at radius 3 is 2.20 bits per heavy atom. The summed E-state index contributed by atoms with van der Waals surface area (Å²) in [6.07, 6.45) is 3.99. The molecule has 0 saturated carbocycles. The highest BCUT2D eigenvalue weighted by Crippen LogP contribution is 2.42. The summed E-state index contributed by atoms with van der Waals surface area (Å²) >= 11 is 0. The number of fused-ring (bicyclic) bond motifs is 5. The number of aromatic nitrogens is 1. The van der Waals surface area contributed by atoms with E-state index in [0.29, 0.717) is 23.1 Å². The predicted molar refractivity (Wildman–Crippen MR) is 179 cm³/mol. The molecule has 2 unspecified atom stereocenters. The molecule has 10 nitrogen and oxygen atoms in total. The van der Waals surface area contributed by atoms with Crippen LogP contribution in [0.1, 0.15) is 39.5 Å². The van der Waals surface area contributed by atoms with Gasteiger partial charge in [0.1, 0.15) is 0 Å². The Bertz CT molecular complexity index is 2260. The zero-order valence-electron chi connectivity index (χ0n) is 25.6. The molecule has 1 aliphatic rings. The van der Waals surface area contributed by atoms with Crippen LogP contribution in [0, 0.1) is 0 Å². The van der Waals surface area contributed by atoms with Gasteiger partial charge < -0.3 is 14.1 Å². The predicted octanol–water partition coefficient (Wildman–Crippen LogP) is 6.50. The summed E-state index contributed by atoms with van der Waals surface area (Å²) in [5.41, 5.74) is 2.97. The fraction of sp³-hybridized carbons (Fsp3) is 0.265. The lowest BCUT2D eigenvalue weighted by molar-refractivity contribution is -0.677. The first-order valence-corrected chi connectivity index (χ1v) is 17.9. The third kappa shape index (κ3) is 6.38. The topological polar surface area (TPSA) is 138 Å². The Morgan fingerprint density at radius 1 is 0.870 bits per heavy atom. The summed E-state index contributed by atoms with van der Waals surface area (Å²) < 4.78 is 80.9. The second-order valence-corrected chi connectivity index (χ2v) is 15.4. The number of oxazole rings is 1. The first-order chi connectivity index (χ1) is 21.8. The van der Waals surface area contributed by atoms with Crippen LogP contribution in [0.15, 0.2) is 94.7 Å². The van der Waals surface area contributed by atoms with Crippen molar-refractivity contribution in [2.45, 2.75) is 50.7 Å². The van der Waals surface area contributed by atoms with Crippen LogP contribution in [-0.4, -0.2) is 43.0 Å². The number of rotatable bonds is 10. The lowest BCUT2D eigenvalue weighted by Crippen LogP contribution is -2.38. The van der Waals surface area contributed by atoms with Gasteiger partial charge in [-0.05, 0) is 73.2 Å². The molecular formula is C34H35N2O8S2+. The summed E-state index contributed by atoms with van der Waals surface area (Å²) in [5, 5.41) is 2.00. The second kappa shape index (κ2) is 12.2. The van der Waals surface area contributed by atoms with Crippen molar-refractivity contribution < 1.29 is 39.7 Å². The van der Waals surface area contributed by atoms with Gasteiger partial charge >= 0.3 is 5.89 Å². The van der Waals surface area contributed by atoms with Crippen LogP contribution in [-0.2, 0) is 26.8 Å². The minimum Gasteiger partial charge on any atom is -0.439 e. The highest BCUT2D eigenvalue weighted by Gasteiger charge is 2.30. The minimum atomic E-state index is -4.22. The number of nitrogens with zero attached hydrogens (tertiary/aromatic N) is 2. The molecule has 0 bridgehead atoms. The van der Waals surface area contributed by atoms with E-state index in [9.17, 15) is 25.9 Å². The number of anilines is 1. The van der Waals surface area contributed by atoms with Crippen molar-refractivity contribution in [3.8, 4) is 5.75 Å². The summed E-state index contributed by atoms with van der Waals surface area (Å²) in [4.78, 5) is 1.90. The van der Waals surface area contributed by atoms with E-state index in [1.54, 1.807) is 0 Å². The summed E-state index contributed by atoms with van der Waals surface area (Å²) in [5.74, 6) is 1.59. The molecule has 6 rings (SSSR count). The Labute approximate surface area is 267 Å². The van der Waals surface area contributed by atoms with Crippen molar-refractivity contribution in [1.29, 1.82) is 0 Å². The van der Waals surface area contributed by atoms with Crippen LogP contribution in [0.5, 0.6) is 5.75 Å². The number of aryl methyl sites for hydroxylation is 1. The molecule has 2 atom stereocenters. The van der Waals surface area contributed by atoms with E-state index in [4.69, 9.17) is 9.15 Å². The van der Waals surface area contributed by atoms with E-state index in [1.165, 1.54) is 13.8 Å². The standard InChI is InChI=1S/C34H34N2O8S2/c1-22(18-32-35(16-14-23(2)45(37,38)39)29-20-26-9-4-5-10-27(26)21-31(29)44-32)19-33-36(17-15-24(3)46(40,41)42)34-28-11-7-6-8-25(28)12-13-30(34)43-33/h4-13,18-21,23-24H,14-17H2,1-3H3,(H-,37,38,39,40,41,42)/p+1. The Balaban J connectivity index is 1.42. The van der Waals surface area contributed by atoms with E-state index in [-0.39, 0.29) is 25.9 Å². The molecule has 0 amide bonds. The second-order valence-electron chi connectivity index (χ2n) is 11.7. The van der Waals surface area contributed by atoms with E-state index in [2.05, 4.69) is 0 Å². The molecule has 12 heteroatoms. The molecule has 0 radical (unpaired) electrons. The van der Waals surface area contributed by atoms with Crippen LogP contribution in [0.25, 0.3) is 38.7 Å². The van der Waals surface area contributed by atoms with Gasteiger partial charge in [0.2, 0.25) is 11.5 Å². The van der Waals surface area contributed by atoms with Crippen molar-refractivity contribution in [2.75, 3.05) is 11.4 Å². The molecule has 240 valence electrons. The monoisotopic (exact) mass is 663 g/mol. The molecule has 4 aromatic carbocycles. The molecule has 0 aliphatic carbocycles. The van der Waals surface area contributed by atoms with Gasteiger partial charge in [-0.25, -0.2) is 0 Å². The molecule has 0 spiro atoms. The first-order valence-electron chi connectivity index (χ1n) is 14.9. The molecule has 1 aromatic heterocycles. The van der Waals surface area contributed by atoms with Gasteiger partial charge in [-0.3, -0.25) is 9.11 Å². The zero-order chi connectivity index (χ0) is 32.8. The van der Waals surface area contributed by atoms with Gasteiger partial charge in [-0.2, -0.15) is 21.4 Å². The molecule has 0 saturated heterocycles. The van der Waals surface area contributed by atoms with Gasteiger partial charge in [-0.1, -0.05) is 48.5 Å². The van der Waals surface area contributed by atoms with Gasteiger partial charge in [0.05, 0.1) is 27.6 Å². The molecular weight excluding hydrogens is 629 g/mol. The summed E-state index contributed by atoms with van der Waals surface area (Å²) in [6, 6.07) is 23.5. The molecule has 2 N–H and O–H groups in total. The van der Waals surface area contributed by atoms with E-state index in [1.807, 2.05) is 101 Å². The highest BCUT2D eigenvalue weighted by molar-refractivity contribution is 7.86. The van der Waals surface area contributed by atoms with E-state index in [0.717, 1.165) is 38.3 Å². The van der Waals surface area contributed by atoms with Gasteiger partial charge in [-0.15, -0.1) is 0 Å². The maximum absolute atomic E-state index is 11.8. The normalized spacial score (nSPS) is 16.3. The van der Waals surface area contributed by atoms with Gasteiger partial charge in [0, 0.05) is 19.0 Å². The molecule has 1 aliphatic heterocycles. The summed E-state index contributed by atoms with van der Waals surface area (Å²) in [6.45, 7) is 5.36. The van der Waals surface area contributed by atoms with Crippen LogP contribution in [0.2, 0.25) is 0 Å². The highest BCUT2D eigenvalue weighted by atomic mass is 32.2. The van der Waals surface area contributed by atoms with Gasteiger partial charge in [0.25, 0.3) is 25.8 Å². The average molecular weight is 664 g/mol. The fourth-order valence-electron chi connectivity index (χ4n) is 5.68. The Morgan fingerprint density at radius 2 is 1.50 bits per heavy atom. The fourth-order valence-corrected chi connectivity index (χ4v) is 6.49. The van der Waals surface area contributed by atoms with E-state index < -0.39 is 30.7 Å². The smallest absolute Gasteiger partial charge is 0.374 e. The first kappa shape index (κ1) is 31.7. The minimum absolute atomic E-state index is 0.161. The average Bonchev–Trinajstić information content (AvgIpc) is 3.52. The molecule has 46 heavy (non-hydrogen) atoms. The van der Waals surface area contributed by atoms with Crippen molar-refractivity contribution in [3.05, 3.63) is 96.2 Å². The third-order valence-electron chi connectivity index (χ3n) is 8.45. The van der Waals surface area contributed by atoms with Crippen molar-refractivity contribution >= 4 is 64.6 Å². The molecule has 5 aromatic rings. The van der Waals surface area contributed by atoms with Crippen LogP contribution in [0.4, 0.5) is 5.69 Å². The molecule has 0 fully saturated rings. The lowest BCUT2D eigenvalue weighted by atomic mass is 10.1. The number of allylic oxidation sites excluding steroid dienone is 2. The third-order valence-corrected chi connectivity index (χ3v) is 11.0. The summed E-state index contributed by atoms with van der Waals surface area (Å²) in [7, 11) is -8.42. The zero-order valence-corrected chi connectivity index (χ0v) is 27.3. The number of hydrogen-bond acceptors (Lipinski definition) is 7. The van der Waals surface area contributed by atoms with Crippen molar-refractivity contribution in [2.24, 2.45) is 0 Å². The number of benzene rings is 4. The van der Waals surface area contributed by atoms with Crippen molar-refractivity contribution in [1.82, 2.24) is 0 Å². The SMILES string of the molecule is CC(/C=C1\Oc2cc3ccccc3cc2N1CCC(C)S(=O)(=O)O)=C\c1oc2ccc3ccccc3c2[n+]1CCC(C)S(=O)(=O)O. The van der Waals surface area contributed by atoms with E-state index >= 15 is 0 Å². The Hall–Kier alpha value is -4.23. The quantitative estimate of drug-likeness (QED) is 0.127. The lowest BCUT2D eigenvalue weighted by Gasteiger charge is -2.20. The maximum Gasteiger partial charge on any atom is 0.374 e. The maximum atomic E-state index is 11.8. The number of hydrogen-bond donors (Lipinski definition) is 2.